The Labute approximate surface area is 90.8 Å². The lowest BCUT2D eigenvalue weighted by Gasteiger charge is -2.11. The van der Waals surface area contributed by atoms with E-state index in [4.69, 9.17) is 4.42 Å². The van der Waals surface area contributed by atoms with Crippen molar-refractivity contribution in [2.75, 3.05) is 14.1 Å². The summed E-state index contributed by atoms with van der Waals surface area (Å²) in [6, 6.07) is 4.74. The molecule has 0 aliphatic carbocycles. The molecule has 1 amide bonds. The van der Waals surface area contributed by atoms with Crippen LogP contribution < -0.4 is 11.2 Å². The van der Waals surface area contributed by atoms with Crippen molar-refractivity contribution in [1.82, 2.24) is 15.4 Å². The van der Waals surface area contributed by atoms with Gasteiger partial charge in [-0.15, -0.1) is 0 Å². The predicted molar refractivity (Wildman–Crippen MR) is 58.0 cm³/mol. The minimum absolute atomic E-state index is 0.242. The first kappa shape index (κ1) is 10.4. The van der Waals surface area contributed by atoms with Gasteiger partial charge in [-0.25, -0.2) is 9.80 Å². The lowest BCUT2D eigenvalue weighted by molar-refractivity contribution is 0.0857. The lowest BCUT2D eigenvalue weighted by Crippen LogP contribution is -2.36. The van der Waals surface area contributed by atoms with Crippen LogP contribution in [0.2, 0.25) is 0 Å². The Morgan fingerprint density at radius 2 is 2.19 bits per heavy atom. The number of rotatable bonds is 2. The number of benzene rings is 1. The van der Waals surface area contributed by atoms with Crippen molar-refractivity contribution in [3.63, 3.8) is 0 Å². The fourth-order valence-corrected chi connectivity index (χ4v) is 1.36. The van der Waals surface area contributed by atoms with Gasteiger partial charge >= 0.3 is 5.76 Å². The standard InChI is InChI=1S/C10H11N3O3/c1-13(2)12-9(14)6-3-4-8-7(5-6)11-10(15)16-8/h3-5H,1-2H3,(H,11,15)(H,12,14). The molecule has 6 nitrogen and oxygen atoms in total. The zero-order valence-electron chi connectivity index (χ0n) is 8.90. The van der Waals surface area contributed by atoms with Crippen molar-refractivity contribution < 1.29 is 9.21 Å². The van der Waals surface area contributed by atoms with E-state index in [1.807, 2.05) is 0 Å². The molecule has 2 N–H and O–H groups in total. The summed E-state index contributed by atoms with van der Waals surface area (Å²) in [5.74, 6) is -0.769. The average molecular weight is 221 g/mol. The van der Waals surface area contributed by atoms with Crippen LogP contribution in [0, 0.1) is 0 Å². The highest BCUT2D eigenvalue weighted by Crippen LogP contribution is 2.11. The second-order valence-electron chi connectivity index (χ2n) is 3.56. The summed E-state index contributed by atoms with van der Waals surface area (Å²) >= 11 is 0. The normalized spacial score (nSPS) is 10.9. The van der Waals surface area contributed by atoms with E-state index in [2.05, 4.69) is 10.4 Å². The number of fused-ring (bicyclic) bond motifs is 1. The molecular formula is C10H11N3O3. The summed E-state index contributed by atoms with van der Waals surface area (Å²) < 4.78 is 4.83. The molecule has 1 aromatic heterocycles. The summed E-state index contributed by atoms with van der Waals surface area (Å²) in [4.78, 5) is 25.0. The smallest absolute Gasteiger partial charge is 0.408 e. The monoisotopic (exact) mass is 221 g/mol. The fourth-order valence-electron chi connectivity index (χ4n) is 1.36. The Morgan fingerprint density at radius 1 is 1.44 bits per heavy atom. The molecule has 0 aliphatic heterocycles. The van der Waals surface area contributed by atoms with Crippen molar-refractivity contribution in [3.8, 4) is 0 Å². The first-order chi connectivity index (χ1) is 7.56. The van der Waals surface area contributed by atoms with Crippen LogP contribution in [0.1, 0.15) is 10.4 Å². The number of aromatic amines is 1. The van der Waals surface area contributed by atoms with Gasteiger partial charge in [0.25, 0.3) is 5.91 Å². The van der Waals surface area contributed by atoms with Crippen molar-refractivity contribution in [2.24, 2.45) is 0 Å². The number of nitrogens with zero attached hydrogens (tertiary/aromatic N) is 1. The molecule has 0 radical (unpaired) electrons. The van der Waals surface area contributed by atoms with Crippen LogP contribution in [-0.4, -0.2) is 30.0 Å². The number of oxazole rings is 1. The molecule has 0 atom stereocenters. The second-order valence-corrected chi connectivity index (χ2v) is 3.56. The van der Waals surface area contributed by atoms with E-state index in [0.29, 0.717) is 16.7 Å². The van der Waals surface area contributed by atoms with E-state index in [1.54, 1.807) is 37.3 Å². The molecule has 0 saturated carbocycles. The largest absolute Gasteiger partial charge is 0.417 e. The maximum Gasteiger partial charge on any atom is 0.417 e. The lowest BCUT2D eigenvalue weighted by atomic mass is 10.2. The summed E-state index contributed by atoms with van der Waals surface area (Å²) in [6.07, 6.45) is 0. The number of carbonyl (C=O) groups excluding carboxylic acids is 1. The van der Waals surface area contributed by atoms with Crippen LogP contribution in [0.15, 0.2) is 27.4 Å². The quantitative estimate of drug-likeness (QED) is 0.716. The van der Waals surface area contributed by atoms with Crippen molar-refractivity contribution in [1.29, 1.82) is 0 Å². The molecule has 1 aromatic carbocycles. The summed E-state index contributed by atoms with van der Waals surface area (Å²) in [5.41, 5.74) is 4.01. The van der Waals surface area contributed by atoms with Gasteiger partial charge in [-0.1, -0.05) is 0 Å². The summed E-state index contributed by atoms with van der Waals surface area (Å²) in [5, 5.41) is 1.55. The Bertz CT molecular complexity index is 582. The molecule has 84 valence electrons. The van der Waals surface area contributed by atoms with Gasteiger partial charge in [-0.3, -0.25) is 15.2 Å². The van der Waals surface area contributed by atoms with E-state index in [0.717, 1.165) is 0 Å². The number of hydrogen-bond acceptors (Lipinski definition) is 4. The minimum Gasteiger partial charge on any atom is -0.408 e. The molecule has 0 unspecified atom stereocenters. The fraction of sp³-hybridized carbons (Fsp3) is 0.200. The first-order valence-electron chi connectivity index (χ1n) is 4.67. The Morgan fingerprint density at radius 3 is 2.88 bits per heavy atom. The van der Waals surface area contributed by atoms with E-state index in [-0.39, 0.29) is 5.91 Å². The SMILES string of the molecule is CN(C)NC(=O)c1ccc2oc(=O)[nH]c2c1. The molecule has 0 bridgehead atoms. The van der Waals surface area contributed by atoms with Gasteiger partial charge in [0.2, 0.25) is 0 Å². The molecule has 6 heteroatoms. The van der Waals surface area contributed by atoms with Gasteiger partial charge in [0, 0.05) is 19.7 Å². The highest BCUT2D eigenvalue weighted by Gasteiger charge is 2.08. The van der Waals surface area contributed by atoms with E-state index < -0.39 is 5.76 Å². The number of nitrogens with one attached hydrogen (secondary N) is 2. The maximum atomic E-state index is 11.6. The van der Waals surface area contributed by atoms with E-state index in [1.165, 1.54) is 0 Å². The minimum atomic E-state index is -0.528. The third-order valence-electron chi connectivity index (χ3n) is 2.01. The number of aromatic nitrogens is 1. The Hall–Kier alpha value is -2.08. The van der Waals surface area contributed by atoms with Gasteiger partial charge in [0.1, 0.15) is 0 Å². The van der Waals surface area contributed by atoms with Gasteiger partial charge in [0.15, 0.2) is 5.58 Å². The molecule has 0 aliphatic rings. The summed E-state index contributed by atoms with van der Waals surface area (Å²) in [6.45, 7) is 0. The Balaban J connectivity index is 2.38. The molecule has 2 aromatic rings. The van der Waals surface area contributed by atoms with Crippen molar-refractivity contribution in [2.45, 2.75) is 0 Å². The highest BCUT2D eigenvalue weighted by atomic mass is 16.4. The number of carbonyl (C=O) groups is 1. The number of hydrazine groups is 1. The topological polar surface area (TPSA) is 78.3 Å². The summed E-state index contributed by atoms with van der Waals surface area (Å²) in [7, 11) is 3.44. The molecule has 16 heavy (non-hydrogen) atoms. The predicted octanol–water partition coefficient (Wildman–Crippen LogP) is 0.327. The van der Waals surface area contributed by atoms with Crippen molar-refractivity contribution in [3.05, 3.63) is 34.3 Å². The maximum absolute atomic E-state index is 11.6. The number of H-pyrrole nitrogens is 1. The third-order valence-corrected chi connectivity index (χ3v) is 2.01. The average Bonchev–Trinajstić information content (AvgIpc) is 2.55. The van der Waals surface area contributed by atoms with E-state index in [9.17, 15) is 9.59 Å². The number of amides is 1. The van der Waals surface area contributed by atoms with Crippen LogP contribution in [0.4, 0.5) is 0 Å². The molecule has 0 fully saturated rings. The van der Waals surface area contributed by atoms with Gasteiger partial charge in [0.05, 0.1) is 5.52 Å². The zero-order valence-corrected chi connectivity index (χ0v) is 8.90. The Kier molecular flexibility index (Phi) is 2.49. The molecule has 0 spiro atoms. The number of hydrogen-bond donors (Lipinski definition) is 2. The highest BCUT2D eigenvalue weighted by molar-refractivity contribution is 5.96. The zero-order chi connectivity index (χ0) is 11.7. The molecular weight excluding hydrogens is 210 g/mol. The molecule has 1 heterocycles. The van der Waals surface area contributed by atoms with Crippen molar-refractivity contribution >= 4 is 17.0 Å². The second kappa shape index (κ2) is 3.82. The van der Waals surface area contributed by atoms with Crippen LogP contribution in [0.25, 0.3) is 11.1 Å². The van der Waals surface area contributed by atoms with Gasteiger partial charge in [-0.2, -0.15) is 0 Å². The van der Waals surface area contributed by atoms with Crippen LogP contribution in [0.3, 0.4) is 0 Å². The van der Waals surface area contributed by atoms with Crippen LogP contribution in [0.5, 0.6) is 0 Å². The third kappa shape index (κ3) is 1.96. The molecule has 2 rings (SSSR count). The van der Waals surface area contributed by atoms with E-state index >= 15 is 0 Å². The van der Waals surface area contributed by atoms with Crippen LogP contribution in [-0.2, 0) is 0 Å². The van der Waals surface area contributed by atoms with Crippen LogP contribution >= 0.6 is 0 Å². The van der Waals surface area contributed by atoms with Gasteiger partial charge in [-0.05, 0) is 18.2 Å². The first-order valence-corrected chi connectivity index (χ1v) is 4.67. The van der Waals surface area contributed by atoms with Gasteiger partial charge < -0.3 is 4.42 Å². The molecule has 0 saturated heterocycles.